The number of fused-ring (bicyclic) bond motifs is 1. The third kappa shape index (κ3) is 7.36. The van der Waals surface area contributed by atoms with E-state index in [9.17, 15) is 14.7 Å². The van der Waals surface area contributed by atoms with E-state index in [2.05, 4.69) is 11.5 Å². The van der Waals surface area contributed by atoms with Gasteiger partial charge in [0.25, 0.3) is 0 Å². The number of hydrogen-bond donors (Lipinski definition) is 1. The summed E-state index contributed by atoms with van der Waals surface area (Å²) >= 11 is 0. The predicted molar refractivity (Wildman–Crippen MR) is 168 cm³/mol. The molecule has 0 unspecified atom stereocenters. The van der Waals surface area contributed by atoms with Gasteiger partial charge in [-0.15, -0.1) is 6.58 Å². The van der Waals surface area contributed by atoms with Crippen LogP contribution in [0.1, 0.15) is 57.8 Å². The van der Waals surface area contributed by atoms with Crippen molar-refractivity contribution in [2.75, 3.05) is 26.7 Å². The number of benzene rings is 2. The second-order valence-corrected chi connectivity index (χ2v) is 11.6. The zero-order valence-electron chi connectivity index (χ0n) is 25.1. The van der Waals surface area contributed by atoms with Crippen LogP contribution < -0.4 is 9.47 Å². The van der Waals surface area contributed by atoms with Gasteiger partial charge in [0, 0.05) is 29.5 Å². The number of aliphatic carboxylic acids is 1. The van der Waals surface area contributed by atoms with Crippen LogP contribution in [0.2, 0.25) is 0 Å². The van der Waals surface area contributed by atoms with Crippen molar-refractivity contribution >= 4 is 22.8 Å². The molecule has 0 saturated carbocycles. The van der Waals surface area contributed by atoms with E-state index in [4.69, 9.17) is 14.5 Å². The molecule has 0 bridgehead atoms. The van der Waals surface area contributed by atoms with Crippen molar-refractivity contribution in [2.24, 2.45) is 0 Å². The van der Waals surface area contributed by atoms with Crippen molar-refractivity contribution in [1.82, 2.24) is 14.8 Å². The van der Waals surface area contributed by atoms with E-state index in [0.29, 0.717) is 11.5 Å². The second-order valence-electron chi connectivity index (χ2n) is 11.6. The highest BCUT2D eigenvalue weighted by molar-refractivity contribution is 5.90. The average Bonchev–Trinajstić information content (AvgIpc) is 3.47. The van der Waals surface area contributed by atoms with Crippen LogP contribution in [0, 0.1) is 0 Å². The van der Waals surface area contributed by atoms with Gasteiger partial charge in [-0.1, -0.05) is 55.7 Å². The summed E-state index contributed by atoms with van der Waals surface area (Å²) in [5.41, 5.74) is 2.41. The summed E-state index contributed by atoms with van der Waals surface area (Å²) in [5.74, 6) is 0.230. The Morgan fingerprint density at radius 1 is 1.07 bits per heavy atom. The molecule has 8 nitrogen and oxygen atoms in total. The van der Waals surface area contributed by atoms with E-state index in [0.717, 1.165) is 80.2 Å². The lowest BCUT2D eigenvalue weighted by atomic mass is 10.0. The number of pyridine rings is 1. The number of carboxylic acid groups (broad SMARTS) is 1. The van der Waals surface area contributed by atoms with E-state index in [1.54, 1.807) is 12.0 Å². The molecule has 3 heterocycles. The number of carbonyl (C=O) groups excluding carboxylic acids is 1. The Hall–Kier alpha value is -3.91. The molecule has 1 amide bonds. The molecule has 2 fully saturated rings. The first-order valence-electron chi connectivity index (χ1n) is 15.6. The molecule has 0 aliphatic carbocycles. The van der Waals surface area contributed by atoms with Crippen LogP contribution in [0.25, 0.3) is 22.2 Å². The summed E-state index contributed by atoms with van der Waals surface area (Å²) < 4.78 is 12.0. The maximum atomic E-state index is 14.1. The summed E-state index contributed by atoms with van der Waals surface area (Å²) in [5, 5.41) is 11.0. The highest BCUT2D eigenvalue weighted by Gasteiger charge is 2.44. The fraction of sp³-hybridized carbons (Fsp3) is 0.457. The van der Waals surface area contributed by atoms with Crippen molar-refractivity contribution in [3.8, 4) is 22.8 Å². The van der Waals surface area contributed by atoms with Crippen LogP contribution in [0.5, 0.6) is 11.5 Å². The number of likely N-dealkylation sites (tertiary alicyclic amines) is 2. The zero-order valence-corrected chi connectivity index (χ0v) is 25.1. The van der Waals surface area contributed by atoms with E-state index < -0.39 is 18.1 Å². The Bertz CT molecular complexity index is 1410. The quantitative estimate of drug-likeness (QED) is 0.185. The van der Waals surface area contributed by atoms with Gasteiger partial charge in [0.05, 0.1) is 30.9 Å². The number of amides is 1. The number of allylic oxidation sites excluding steroid dienone is 1. The third-order valence-corrected chi connectivity index (χ3v) is 8.68. The Kier molecular flexibility index (Phi) is 10.3. The molecule has 3 atom stereocenters. The van der Waals surface area contributed by atoms with Gasteiger partial charge >= 0.3 is 5.97 Å². The van der Waals surface area contributed by atoms with Crippen molar-refractivity contribution < 1.29 is 24.2 Å². The van der Waals surface area contributed by atoms with Gasteiger partial charge in [-0.25, -0.2) is 9.78 Å². The molecular weight excluding hydrogens is 542 g/mol. The number of unbranched alkanes of at least 4 members (excludes halogenated alkanes) is 3. The molecule has 2 aliphatic heterocycles. The number of aromatic nitrogens is 1. The van der Waals surface area contributed by atoms with Crippen LogP contribution in [-0.2, 0) is 9.59 Å². The largest absolute Gasteiger partial charge is 0.497 e. The molecule has 5 rings (SSSR count). The predicted octanol–water partition coefficient (Wildman–Crippen LogP) is 6.33. The Morgan fingerprint density at radius 3 is 2.58 bits per heavy atom. The number of ether oxygens (including phenoxy) is 2. The fourth-order valence-corrected chi connectivity index (χ4v) is 6.38. The molecule has 0 spiro atoms. The Balaban J connectivity index is 1.40. The minimum Gasteiger partial charge on any atom is -0.497 e. The van der Waals surface area contributed by atoms with E-state index >= 15 is 0 Å². The summed E-state index contributed by atoms with van der Waals surface area (Å²) in [6.45, 7) is 5.80. The second kappa shape index (κ2) is 14.5. The summed E-state index contributed by atoms with van der Waals surface area (Å²) in [4.78, 5) is 35.3. The minimum absolute atomic E-state index is 0.0848. The molecule has 1 N–H and O–H groups in total. The molecule has 2 aliphatic rings. The zero-order chi connectivity index (χ0) is 30.2. The van der Waals surface area contributed by atoms with Gasteiger partial charge in [-0.2, -0.15) is 0 Å². The highest BCUT2D eigenvalue weighted by Crippen LogP contribution is 2.35. The lowest BCUT2D eigenvalue weighted by Crippen LogP contribution is -2.53. The molecule has 3 aromatic rings. The smallest absolute Gasteiger partial charge is 0.326 e. The molecule has 2 saturated heterocycles. The number of nitrogens with zero attached hydrogens (tertiary/aromatic N) is 3. The van der Waals surface area contributed by atoms with Gasteiger partial charge in [0.1, 0.15) is 23.6 Å². The fourth-order valence-electron chi connectivity index (χ4n) is 6.38. The van der Waals surface area contributed by atoms with Crippen LogP contribution in [0.4, 0.5) is 0 Å². The summed E-state index contributed by atoms with van der Waals surface area (Å²) in [6.07, 6.45) is 9.73. The topological polar surface area (TPSA) is 92.2 Å². The average molecular weight is 586 g/mol. The van der Waals surface area contributed by atoms with Crippen molar-refractivity contribution in [2.45, 2.75) is 76.0 Å². The van der Waals surface area contributed by atoms with Crippen molar-refractivity contribution in [3.05, 3.63) is 67.3 Å². The maximum absolute atomic E-state index is 14.1. The number of hydrogen-bond acceptors (Lipinski definition) is 6. The first-order chi connectivity index (χ1) is 21.0. The number of carbonyl (C=O) groups is 2. The van der Waals surface area contributed by atoms with E-state index in [1.807, 2.05) is 60.7 Å². The number of piperidine rings is 1. The normalized spacial score (nSPS) is 19.7. The van der Waals surface area contributed by atoms with Crippen LogP contribution in [0.15, 0.2) is 67.3 Å². The number of methoxy groups -OCH3 is 1. The molecular formula is C35H43N3O5. The van der Waals surface area contributed by atoms with Crippen molar-refractivity contribution in [3.63, 3.8) is 0 Å². The SMILES string of the molecule is C=CCCCCC[C@@H](C(=O)N1C[C@H](Oc2cc(-c3ccccc3)nc3cc(OC)ccc23)C[C@H]1C(=O)O)N1CCCCC1. The molecule has 228 valence electrons. The van der Waals surface area contributed by atoms with Gasteiger partial charge in [0.2, 0.25) is 5.91 Å². The molecule has 43 heavy (non-hydrogen) atoms. The van der Waals surface area contributed by atoms with E-state index in [1.165, 1.54) is 6.42 Å². The van der Waals surface area contributed by atoms with Gasteiger partial charge < -0.3 is 19.5 Å². The monoisotopic (exact) mass is 585 g/mol. The third-order valence-electron chi connectivity index (χ3n) is 8.68. The lowest BCUT2D eigenvalue weighted by Gasteiger charge is -2.36. The van der Waals surface area contributed by atoms with Crippen LogP contribution in [-0.4, -0.2) is 76.7 Å². The standard InChI is InChI=1S/C35H43N3O5/c1-3-4-5-6-11-16-31(37-19-12-8-13-20-37)34(39)38-24-27(22-32(38)35(40)41)43-33-23-29(25-14-9-7-10-15-25)36-30-21-26(42-2)17-18-28(30)33/h3,7,9-10,14-15,17-18,21,23,27,31-32H,1,4-6,8,11-13,16,19-20,22,24H2,2H3,(H,40,41)/t27-,31+,32+/m1/s1. The molecule has 0 radical (unpaired) electrons. The Morgan fingerprint density at radius 2 is 1.86 bits per heavy atom. The first-order valence-corrected chi connectivity index (χ1v) is 15.6. The van der Waals surface area contributed by atoms with Gasteiger partial charge in [-0.3, -0.25) is 9.69 Å². The van der Waals surface area contributed by atoms with E-state index in [-0.39, 0.29) is 24.9 Å². The maximum Gasteiger partial charge on any atom is 0.326 e. The minimum atomic E-state index is -0.989. The highest BCUT2D eigenvalue weighted by atomic mass is 16.5. The molecule has 1 aromatic heterocycles. The first kappa shape index (κ1) is 30.5. The lowest BCUT2D eigenvalue weighted by molar-refractivity contribution is -0.150. The summed E-state index contributed by atoms with van der Waals surface area (Å²) in [6, 6.07) is 16.2. The van der Waals surface area contributed by atoms with Gasteiger partial charge in [0.15, 0.2) is 0 Å². The number of carboxylic acids is 1. The summed E-state index contributed by atoms with van der Waals surface area (Å²) in [7, 11) is 1.62. The van der Waals surface area contributed by atoms with Gasteiger partial charge in [-0.05, 0) is 57.3 Å². The Labute approximate surface area is 254 Å². The van der Waals surface area contributed by atoms with Crippen molar-refractivity contribution in [1.29, 1.82) is 0 Å². The molecule has 2 aromatic carbocycles. The number of rotatable bonds is 13. The van der Waals surface area contributed by atoms with Crippen LogP contribution in [0.3, 0.4) is 0 Å². The molecule has 8 heteroatoms. The van der Waals surface area contributed by atoms with Crippen LogP contribution >= 0.6 is 0 Å².